The molecule has 0 saturated carbocycles. The summed E-state index contributed by atoms with van der Waals surface area (Å²) in [5, 5.41) is 6.94. The lowest BCUT2D eigenvalue weighted by molar-refractivity contribution is 0.233. The highest BCUT2D eigenvalue weighted by atomic mass is 16.5. The van der Waals surface area contributed by atoms with Crippen molar-refractivity contribution >= 4 is 0 Å². The van der Waals surface area contributed by atoms with Crippen molar-refractivity contribution in [1.29, 1.82) is 0 Å². The van der Waals surface area contributed by atoms with Crippen LogP contribution in [-0.2, 0) is 13.2 Å². The van der Waals surface area contributed by atoms with Crippen LogP contribution in [0.15, 0.2) is 34.9 Å². The van der Waals surface area contributed by atoms with E-state index in [-0.39, 0.29) is 0 Å². The SMILES string of the molecule is CCOc1ccccc1OCc1cc(CNC)no1. The van der Waals surface area contributed by atoms with E-state index in [1.54, 1.807) is 0 Å². The number of aromatic nitrogens is 1. The van der Waals surface area contributed by atoms with E-state index in [4.69, 9.17) is 14.0 Å². The Kier molecular flexibility index (Phi) is 4.80. The molecule has 0 spiro atoms. The fourth-order valence-electron chi connectivity index (χ4n) is 1.68. The monoisotopic (exact) mass is 262 g/mol. The van der Waals surface area contributed by atoms with Crippen molar-refractivity contribution in [2.24, 2.45) is 0 Å². The zero-order valence-electron chi connectivity index (χ0n) is 11.2. The summed E-state index contributed by atoms with van der Waals surface area (Å²) in [6.45, 7) is 3.56. The third kappa shape index (κ3) is 3.72. The van der Waals surface area contributed by atoms with E-state index in [2.05, 4.69) is 10.5 Å². The standard InChI is InChI=1S/C14H18N2O3/c1-3-17-13-6-4-5-7-14(13)18-10-12-8-11(9-15-2)16-19-12/h4-8,15H,3,9-10H2,1-2H3. The molecule has 0 bridgehead atoms. The Morgan fingerprint density at radius 1 is 1.21 bits per heavy atom. The molecule has 0 amide bonds. The molecule has 0 aliphatic carbocycles. The Hall–Kier alpha value is -2.01. The minimum atomic E-state index is 0.334. The average molecular weight is 262 g/mol. The largest absolute Gasteiger partial charge is 0.490 e. The maximum absolute atomic E-state index is 5.69. The molecular formula is C14H18N2O3. The first-order chi connectivity index (χ1) is 9.33. The second-order valence-electron chi connectivity index (χ2n) is 3.98. The minimum Gasteiger partial charge on any atom is -0.490 e. The van der Waals surface area contributed by atoms with Gasteiger partial charge in [-0.1, -0.05) is 17.3 Å². The maximum atomic E-state index is 5.69. The van der Waals surface area contributed by atoms with Gasteiger partial charge in [0.25, 0.3) is 0 Å². The summed E-state index contributed by atoms with van der Waals surface area (Å²) in [5.41, 5.74) is 0.860. The van der Waals surface area contributed by atoms with Crippen LogP contribution in [0.3, 0.4) is 0 Å². The highest BCUT2D eigenvalue weighted by molar-refractivity contribution is 5.39. The van der Waals surface area contributed by atoms with E-state index in [1.165, 1.54) is 0 Å². The minimum absolute atomic E-state index is 0.334. The molecule has 0 saturated heterocycles. The van der Waals surface area contributed by atoms with Gasteiger partial charge in [0.15, 0.2) is 17.3 Å². The van der Waals surface area contributed by atoms with Gasteiger partial charge in [0.1, 0.15) is 6.61 Å². The maximum Gasteiger partial charge on any atom is 0.174 e. The van der Waals surface area contributed by atoms with Gasteiger partial charge in [-0.3, -0.25) is 0 Å². The highest BCUT2D eigenvalue weighted by Gasteiger charge is 2.07. The summed E-state index contributed by atoms with van der Waals surface area (Å²) in [6, 6.07) is 9.45. The number of ether oxygens (including phenoxy) is 2. The summed E-state index contributed by atoms with van der Waals surface area (Å²) in [7, 11) is 1.86. The predicted molar refractivity (Wildman–Crippen MR) is 71.2 cm³/mol. The molecule has 0 fully saturated rings. The number of hydrogen-bond donors (Lipinski definition) is 1. The number of nitrogens with one attached hydrogen (secondary N) is 1. The van der Waals surface area contributed by atoms with Crippen LogP contribution in [0.1, 0.15) is 18.4 Å². The molecule has 102 valence electrons. The first-order valence-corrected chi connectivity index (χ1v) is 6.27. The smallest absolute Gasteiger partial charge is 0.174 e. The van der Waals surface area contributed by atoms with Crippen LogP contribution in [0.5, 0.6) is 11.5 Å². The second-order valence-corrected chi connectivity index (χ2v) is 3.98. The Morgan fingerprint density at radius 3 is 2.63 bits per heavy atom. The zero-order chi connectivity index (χ0) is 13.5. The van der Waals surface area contributed by atoms with Crippen LogP contribution >= 0.6 is 0 Å². The third-order valence-electron chi connectivity index (χ3n) is 2.48. The Labute approximate surface area is 112 Å². The number of nitrogens with zero attached hydrogens (tertiary/aromatic N) is 1. The summed E-state index contributed by atoms with van der Waals surface area (Å²) >= 11 is 0. The summed E-state index contributed by atoms with van der Waals surface area (Å²) in [6.07, 6.45) is 0. The Morgan fingerprint density at radius 2 is 1.95 bits per heavy atom. The molecule has 1 heterocycles. The van der Waals surface area contributed by atoms with Gasteiger partial charge in [0.05, 0.1) is 12.3 Å². The van der Waals surface area contributed by atoms with E-state index in [0.717, 1.165) is 11.4 Å². The van der Waals surface area contributed by atoms with Crippen molar-refractivity contribution in [2.45, 2.75) is 20.1 Å². The molecule has 1 aromatic heterocycles. The van der Waals surface area contributed by atoms with Crippen LogP contribution in [0.4, 0.5) is 0 Å². The fourth-order valence-corrected chi connectivity index (χ4v) is 1.68. The molecular weight excluding hydrogens is 244 g/mol. The molecule has 5 nitrogen and oxygen atoms in total. The molecule has 0 unspecified atom stereocenters. The molecule has 0 aliphatic rings. The first kappa shape index (κ1) is 13.4. The number of rotatable bonds is 7. The number of para-hydroxylation sites is 2. The normalized spacial score (nSPS) is 10.4. The second kappa shape index (κ2) is 6.80. The highest BCUT2D eigenvalue weighted by Crippen LogP contribution is 2.27. The number of benzene rings is 1. The van der Waals surface area contributed by atoms with Crippen LogP contribution in [0, 0.1) is 0 Å². The Bertz CT molecular complexity index is 511. The van der Waals surface area contributed by atoms with Gasteiger partial charge < -0.3 is 19.3 Å². The van der Waals surface area contributed by atoms with Gasteiger partial charge in [0.2, 0.25) is 0 Å². The van der Waals surface area contributed by atoms with Crippen molar-refractivity contribution < 1.29 is 14.0 Å². The summed E-state index contributed by atoms with van der Waals surface area (Å²) < 4.78 is 16.4. The van der Waals surface area contributed by atoms with E-state index in [9.17, 15) is 0 Å². The molecule has 0 aliphatic heterocycles. The third-order valence-corrected chi connectivity index (χ3v) is 2.48. The van der Waals surface area contributed by atoms with Gasteiger partial charge in [-0.2, -0.15) is 0 Å². The summed E-state index contributed by atoms with van der Waals surface area (Å²) in [5.74, 6) is 2.13. The topological polar surface area (TPSA) is 56.5 Å². The van der Waals surface area contributed by atoms with Crippen molar-refractivity contribution in [3.63, 3.8) is 0 Å². The lowest BCUT2D eigenvalue weighted by Crippen LogP contribution is -2.04. The van der Waals surface area contributed by atoms with E-state index in [1.807, 2.05) is 44.3 Å². The zero-order valence-corrected chi connectivity index (χ0v) is 11.2. The van der Waals surface area contributed by atoms with Crippen LogP contribution in [0.25, 0.3) is 0 Å². The van der Waals surface area contributed by atoms with Gasteiger partial charge in [-0.15, -0.1) is 0 Å². The van der Waals surface area contributed by atoms with Crippen molar-refractivity contribution in [2.75, 3.05) is 13.7 Å². The van der Waals surface area contributed by atoms with Crippen molar-refractivity contribution in [3.05, 3.63) is 41.8 Å². The lowest BCUT2D eigenvalue weighted by Gasteiger charge is -2.09. The van der Waals surface area contributed by atoms with Gasteiger partial charge >= 0.3 is 0 Å². The summed E-state index contributed by atoms with van der Waals surface area (Å²) in [4.78, 5) is 0. The quantitative estimate of drug-likeness (QED) is 0.830. The van der Waals surface area contributed by atoms with E-state index < -0.39 is 0 Å². The van der Waals surface area contributed by atoms with E-state index in [0.29, 0.717) is 31.3 Å². The molecule has 2 rings (SSSR count). The molecule has 19 heavy (non-hydrogen) atoms. The van der Waals surface area contributed by atoms with Gasteiger partial charge in [0, 0.05) is 12.6 Å². The lowest BCUT2D eigenvalue weighted by atomic mass is 10.3. The average Bonchev–Trinajstić information content (AvgIpc) is 2.86. The van der Waals surface area contributed by atoms with Gasteiger partial charge in [-0.05, 0) is 26.1 Å². The Balaban J connectivity index is 1.97. The molecule has 0 atom stereocenters. The first-order valence-electron chi connectivity index (χ1n) is 6.27. The molecule has 1 N–H and O–H groups in total. The predicted octanol–water partition coefficient (Wildman–Crippen LogP) is 2.37. The van der Waals surface area contributed by atoms with Crippen LogP contribution in [-0.4, -0.2) is 18.8 Å². The van der Waals surface area contributed by atoms with Crippen LogP contribution in [0.2, 0.25) is 0 Å². The molecule has 5 heteroatoms. The van der Waals surface area contributed by atoms with Gasteiger partial charge in [-0.25, -0.2) is 0 Å². The van der Waals surface area contributed by atoms with Crippen molar-refractivity contribution in [1.82, 2.24) is 10.5 Å². The van der Waals surface area contributed by atoms with Crippen LogP contribution < -0.4 is 14.8 Å². The number of hydrogen-bond acceptors (Lipinski definition) is 5. The molecule has 0 radical (unpaired) electrons. The molecule has 1 aromatic carbocycles. The van der Waals surface area contributed by atoms with Crippen molar-refractivity contribution in [3.8, 4) is 11.5 Å². The molecule has 2 aromatic rings. The fraction of sp³-hybridized carbons (Fsp3) is 0.357. The van der Waals surface area contributed by atoms with E-state index >= 15 is 0 Å².